The first-order valence-corrected chi connectivity index (χ1v) is 4.90. The summed E-state index contributed by atoms with van der Waals surface area (Å²) in [7, 11) is 0. The van der Waals surface area contributed by atoms with E-state index in [0.29, 0.717) is 6.61 Å². The topological polar surface area (TPSA) is 63.6 Å². The van der Waals surface area contributed by atoms with E-state index in [1.807, 2.05) is 0 Å². The minimum absolute atomic E-state index is 0.128. The zero-order valence-corrected chi connectivity index (χ0v) is 8.69. The van der Waals surface area contributed by atoms with Crippen molar-refractivity contribution in [1.29, 1.82) is 0 Å². The van der Waals surface area contributed by atoms with E-state index in [0.717, 1.165) is 0 Å². The molecule has 1 aromatic carbocycles. The van der Waals surface area contributed by atoms with Gasteiger partial charge >= 0.3 is 0 Å². The summed E-state index contributed by atoms with van der Waals surface area (Å²) in [6, 6.07) is 2.67. The van der Waals surface area contributed by atoms with Gasteiger partial charge in [-0.1, -0.05) is 0 Å². The number of phenolic OH excluding ortho intramolecular Hbond substituents is 1. The van der Waals surface area contributed by atoms with Crippen molar-refractivity contribution >= 4 is 11.6 Å². The Bertz CT molecular complexity index is 500. The molecule has 1 aromatic rings. The van der Waals surface area contributed by atoms with Crippen LogP contribution in [0.2, 0.25) is 0 Å². The lowest BCUT2D eigenvalue weighted by atomic mass is 9.94. The monoisotopic (exact) mass is 218 g/mol. The standard InChI is InChI=1S/C12H10O4/c1-2-16-12-6-8-7(5-11(12)15)9(13)3-4-10(8)14/h3-6,15H,2H2,1H3. The largest absolute Gasteiger partial charge is 0.504 e. The van der Waals surface area contributed by atoms with Crippen LogP contribution < -0.4 is 4.74 Å². The Morgan fingerprint density at radius 1 is 1.12 bits per heavy atom. The fraction of sp³-hybridized carbons (Fsp3) is 0.167. The molecule has 0 fully saturated rings. The van der Waals surface area contributed by atoms with Crippen LogP contribution in [0.1, 0.15) is 27.6 Å². The quantitative estimate of drug-likeness (QED) is 0.821. The van der Waals surface area contributed by atoms with E-state index in [4.69, 9.17) is 4.74 Å². The smallest absolute Gasteiger partial charge is 0.186 e. The molecular formula is C12H10O4. The molecule has 0 unspecified atom stereocenters. The Balaban J connectivity index is 2.58. The number of phenols is 1. The van der Waals surface area contributed by atoms with Gasteiger partial charge in [-0.2, -0.15) is 0 Å². The highest BCUT2D eigenvalue weighted by Crippen LogP contribution is 2.31. The first-order valence-electron chi connectivity index (χ1n) is 4.90. The van der Waals surface area contributed by atoms with Crippen molar-refractivity contribution in [3.63, 3.8) is 0 Å². The molecule has 0 atom stereocenters. The number of hydrogen-bond donors (Lipinski definition) is 1. The van der Waals surface area contributed by atoms with E-state index in [-0.39, 0.29) is 34.2 Å². The zero-order valence-electron chi connectivity index (χ0n) is 8.69. The Kier molecular flexibility index (Phi) is 2.48. The van der Waals surface area contributed by atoms with Gasteiger partial charge in [-0.05, 0) is 31.2 Å². The number of hydrogen-bond acceptors (Lipinski definition) is 4. The van der Waals surface area contributed by atoms with Crippen LogP contribution in [0.3, 0.4) is 0 Å². The minimum atomic E-state index is -0.284. The summed E-state index contributed by atoms with van der Waals surface area (Å²) in [5, 5.41) is 9.59. The van der Waals surface area contributed by atoms with E-state index >= 15 is 0 Å². The number of ether oxygens (including phenoxy) is 1. The molecule has 2 rings (SSSR count). The highest BCUT2D eigenvalue weighted by molar-refractivity contribution is 6.22. The lowest BCUT2D eigenvalue weighted by Crippen LogP contribution is -2.11. The fourth-order valence-corrected chi connectivity index (χ4v) is 1.58. The van der Waals surface area contributed by atoms with Crippen LogP contribution in [0.15, 0.2) is 24.3 Å². The van der Waals surface area contributed by atoms with Crippen LogP contribution in [0.5, 0.6) is 11.5 Å². The summed E-state index contributed by atoms with van der Waals surface area (Å²) >= 11 is 0. The maximum absolute atomic E-state index is 11.5. The second kappa shape index (κ2) is 3.81. The van der Waals surface area contributed by atoms with Crippen LogP contribution in [-0.2, 0) is 0 Å². The van der Waals surface area contributed by atoms with E-state index < -0.39 is 0 Å². The molecule has 0 spiro atoms. The van der Waals surface area contributed by atoms with Gasteiger partial charge in [0.05, 0.1) is 6.61 Å². The molecular weight excluding hydrogens is 208 g/mol. The number of aromatic hydroxyl groups is 1. The maximum atomic E-state index is 11.5. The number of fused-ring (bicyclic) bond motifs is 1. The average Bonchev–Trinajstić information content (AvgIpc) is 2.26. The molecule has 0 amide bonds. The van der Waals surface area contributed by atoms with Crippen molar-refractivity contribution in [1.82, 2.24) is 0 Å². The first kappa shape index (κ1) is 10.4. The van der Waals surface area contributed by atoms with Crippen LogP contribution in [-0.4, -0.2) is 23.3 Å². The molecule has 1 N–H and O–H groups in total. The number of benzene rings is 1. The summed E-state index contributed by atoms with van der Waals surface area (Å²) in [6.45, 7) is 2.15. The second-order valence-corrected chi connectivity index (χ2v) is 3.36. The van der Waals surface area contributed by atoms with Gasteiger partial charge in [-0.3, -0.25) is 9.59 Å². The second-order valence-electron chi connectivity index (χ2n) is 3.36. The molecule has 0 radical (unpaired) electrons. The number of rotatable bonds is 2. The molecule has 0 heterocycles. The summed E-state index contributed by atoms with van der Waals surface area (Å²) in [4.78, 5) is 23.0. The van der Waals surface area contributed by atoms with Gasteiger partial charge in [0.2, 0.25) is 0 Å². The van der Waals surface area contributed by atoms with Crippen molar-refractivity contribution in [3.8, 4) is 11.5 Å². The highest BCUT2D eigenvalue weighted by atomic mass is 16.5. The molecule has 0 saturated carbocycles. The highest BCUT2D eigenvalue weighted by Gasteiger charge is 2.21. The molecule has 4 nitrogen and oxygen atoms in total. The molecule has 0 aromatic heterocycles. The zero-order chi connectivity index (χ0) is 11.7. The van der Waals surface area contributed by atoms with Crippen LogP contribution in [0.25, 0.3) is 0 Å². The molecule has 1 aliphatic rings. The van der Waals surface area contributed by atoms with Gasteiger partial charge in [0.1, 0.15) is 0 Å². The Morgan fingerprint density at radius 3 is 2.25 bits per heavy atom. The molecule has 16 heavy (non-hydrogen) atoms. The lowest BCUT2D eigenvalue weighted by Gasteiger charge is -2.12. The van der Waals surface area contributed by atoms with Gasteiger partial charge in [0.25, 0.3) is 0 Å². The van der Waals surface area contributed by atoms with E-state index in [2.05, 4.69) is 0 Å². The molecule has 0 saturated heterocycles. The van der Waals surface area contributed by atoms with Gasteiger partial charge in [-0.15, -0.1) is 0 Å². The van der Waals surface area contributed by atoms with Crippen molar-refractivity contribution < 1.29 is 19.4 Å². The Hall–Kier alpha value is -2.10. The van der Waals surface area contributed by atoms with Crippen LogP contribution in [0.4, 0.5) is 0 Å². The fourth-order valence-electron chi connectivity index (χ4n) is 1.58. The van der Waals surface area contributed by atoms with Gasteiger partial charge in [-0.25, -0.2) is 0 Å². The summed E-state index contributed by atoms with van der Waals surface area (Å²) in [5.74, 6) is -0.446. The SMILES string of the molecule is CCOc1cc2c(cc1O)C(=O)C=CC2=O. The number of allylic oxidation sites excluding steroid dienone is 2. The predicted octanol–water partition coefficient (Wildman–Crippen LogP) is 1.73. The predicted molar refractivity (Wildman–Crippen MR) is 57.1 cm³/mol. The molecule has 0 aliphatic heterocycles. The Labute approximate surface area is 92.2 Å². The Morgan fingerprint density at radius 2 is 1.69 bits per heavy atom. The average molecular weight is 218 g/mol. The minimum Gasteiger partial charge on any atom is -0.504 e. The summed E-state index contributed by atoms with van der Waals surface area (Å²) in [5.41, 5.74) is 0.488. The lowest BCUT2D eigenvalue weighted by molar-refractivity contribution is 0.0993. The summed E-state index contributed by atoms with van der Waals surface area (Å²) in [6.07, 6.45) is 2.42. The molecule has 1 aliphatic carbocycles. The number of carbonyl (C=O) groups excluding carboxylic acids is 2. The van der Waals surface area contributed by atoms with Gasteiger partial charge in [0, 0.05) is 11.1 Å². The van der Waals surface area contributed by atoms with E-state index in [1.54, 1.807) is 6.92 Å². The number of ketones is 2. The first-order chi connectivity index (χ1) is 7.63. The van der Waals surface area contributed by atoms with Crippen molar-refractivity contribution in [2.75, 3.05) is 6.61 Å². The molecule has 4 heteroatoms. The van der Waals surface area contributed by atoms with Crippen molar-refractivity contribution in [2.45, 2.75) is 6.92 Å². The van der Waals surface area contributed by atoms with E-state index in [1.165, 1.54) is 24.3 Å². The van der Waals surface area contributed by atoms with Gasteiger partial charge < -0.3 is 9.84 Å². The van der Waals surface area contributed by atoms with Crippen LogP contribution in [0, 0.1) is 0 Å². The maximum Gasteiger partial charge on any atom is 0.186 e. The molecule has 82 valence electrons. The normalized spacial score (nSPS) is 13.8. The third-order valence-electron chi connectivity index (χ3n) is 2.32. The third-order valence-corrected chi connectivity index (χ3v) is 2.32. The number of carbonyl (C=O) groups is 2. The summed E-state index contributed by atoms with van der Waals surface area (Å²) < 4.78 is 5.15. The third kappa shape index (κ3) is 1.58. The van der Waals surface area contributed by atoms with Crippen molar-refractivity contribution in [2.24, 2.45) is 0 Å². The van der Waals surface area contributed by atoms with Crippen LogP contribution >= 0.6 is 0 Å². The van der Waals surface area contributed by atoms with E-state index in [9.17, 15) is 14.7 Å². The molecule has 0 bridgehead atoms. The van der Waals surface area contributed by atoms with Crippen molar-refractivity contribution in [3.05, 3.63) is 35.4 Å². The van der Waals surface area contributed by atoms with Gasteiger partial charge in [0.15, 0.2) is 23.1 Å².